The lowest BCUT2D eigenvalue weighted by Crippen LogP contribution is -2.21. The molecule has 2 heterocycles. The second-order valence-corrected chi connectivity index (χ2v) is 10.1. The van der Waals surface area contributed by atoms with E-state index in [1.165, 1.54) is 30.5 Å². The van der Waals surface area contributed by atoms with Crippen molar-refractivity contribution < 1.29 is 22.7 Å². The van der Waals surface area contributed by atoms with Gasteiger partial charge in [-0.15, -0.1) is 0 Å². The van der Waals surface area contributed by atoms with Gasteiger partial charge in [0.2, 0.25) is 5.95 Å². The predicted octanol–water partition coefficient (Wildman–Crippen LogP) is 3.92. The van der Waals surface area contributed by atoms with Gasteiger partial charge in [-0.05, 0) is 55.5 Å². The Labute approximate surface area is 223 Å². The lowest BCUT2D eigenvalue weighted by Gasteiger charge is -2.10. The minimum atomic E-state index is -3.93. The molecule has 3 N–H and O–H groups in total. The number of para-hydroxylation sites is 2. The molecule has 5 aromatic rings. The number of imidazole rings is 1. The molecule has 11 nitrogen and oxygen atoms in total. The molecule has 0 aliphatic carbocycles. The molecule has 2 aromatic heterocycles. The van der Waals surface area contributed by atoms with Gasteiger partial charge in [-0.25, -0.2) is 32.9 Å². The predicted molar refractivity (Wildman–Crippen MR) is 144 cm³/mol. The first kappa shape index (κ1) is 25.5. The highest BCUT2D eigenvalue weighted by molar-refractivity contribution is 7.92. The van der Waals surface area contributed by atoms with Crippen LogP contribution < -0.4 is 10.0 Å². The third kappa shape index (κ3) is 5.91. The van der Waals surface area contributed by atoms with Crippen LogP contribution >= 0.6 is 0 Å². The van der Waals surface area contributed by atoms with E-state index in [9.17, 15) is 18.0 Å². The zero-order valence-corrected chi connectivity index (χ0v) is 21.4. The molecule has 0 spiro atoms. The Kier molecular flexibility index (Phi) is 7.02. The molecular weight excluding hydrogens is 520 g/mol. The van der Waals surface area contributed by atoms with Gasteiger partial charge in [-0.3, -0.25) is 4.79 Å². The molecule has 0 saturated heterocycles. The molecule has 12 heteroatoms. The molecule has 1 amide bonds. The summed E-state index contributed by atoms with van der Waals surface area (Å²) in [5, 5.41) is 2.57. The van der Waals surface area contributed by atoms with Crippen LogP contribution in [0.5, 0.6) is 0 Å². The van der Waals surface area contributed by atoms with Crippen LogP contribution in [0.15, 0.2) is 90.0 Å². The average Bonchev–Trinajstić information content (AvgIpc) is 3.36. The van der Waals surface area contributed by atoms with Crippen LogP contribution in [0, 0.1) is 6.92 Å². The minimum Gasteiger partial charge on any atom is -0.452 e. The number of nitrogens with one attached hydrogen (secondary N) is 3. The van der Waals surface area contributed by atoms with Gasteiger partial charge in [0.25, 0.3) is 15.9 Å². The van der Waals surface area contributed by atoms with E-state index in [1.807, 2.05) is 24.3 Å². The SMILES string of the molecule is Cc1ccnc(NS(=O)(=O)c2ccc(NC(=O)COC(=O)c3ccccc3-c3nc4ccccc4[nH]3)cc2)n1. The highest BCUT2D eigenvalue weighted by Crippen LogP contribution is 2.24. The van der Waals surface area contributed by atoms with Gasteiger partial charge < -0.3 is 15.0 Å². The maximum atomic E-state index is 12.8. The average molecular weight is 543 g/mol. The van der Waals surface area contributed by atoms with E-state index in [0.29, 0.717) is 22.8 Å². The minimum absolute atomic E-state index is 0.0424. The number of carbonyl (C=O) groups is 2. The molecule has 0 aliphatic heterocycles. The quantitative estimate of drug-likeness (QED) is 0.249. The topological polar surface area (TPSA) is 156 Å². The Balaban J connectivity index is 1.21. The first-order chi connectivity index (χ1) is 18.8. The van der Waals surface area contributed by atoms with Crippen molar-refractivity contribution in [3.63, 3.8) is 0 Å². The largest absolute Gasteiger partial charge is 0.452 e. The highest BCUT2D eigenvalue weighted by atomic mass is 32.2. The number of anilines is 2. The number of aromatic nitrogens is 4. The van der Waals surface area contributed by atoms with Crippen molar-refractivity contribution >= 4 is 44.6 Å². The second-order valence-electron chi connectivity index (χ2n) is 8.42. The number of amides is 1. The fourth-order valence-electron chi connectivity index (χ4n) is 3.75. The van der Waals surface area contributed by atoms with E-state index in [-0.39, 0.29) is 16.4 Å². The number of rotatable bonds is 8. The smallest absolute Gasteiger partial charge is 0.339 e. The third-order valence-electron chi connectivity index (χ3n) is 5.59. The summed E-state index contributed by atoms with van der Waals surface area (Å²) in [4.78, 5) is 40.8. The highest BCUT2D eigenvalue weighted by Gasteiger charge is 2.19. The van der Waals surface area contributed by atoms with Gasteiger partial charge in [0, 0.05) is 23.1 Å². The number of esters is 1. The van der Waals surface area contributed by atoms with E-state index in [4.69, 9.17) is 4.74 Å². The maximum Gasteiger partial charge on any atom is 0.339 e. The molecule has 3 aromatic carbocycles. The Morgan fingerprint density at radius 2 is 1.67 bits per heavy atom. The van der Waals surface area contributed by atoms with Gasteiger partial charge in [0.05, 0.1) is 21.5 Å². The summed E-state index contributed by atoms with van der Waals surface area (Å²) in [5.41, 5.74) is 3.31. The van der Waals surface area contributed by atoms with Crippen LogP contribution in [0.4, 0.5) is 11.6 Å². The number of aromatic amines is 1. The van der Waals surface area contributed by atoms with Crippen LogP contribution in [-0.2, 0) is 19.6 Å². The number of H-pyrrole nitrogens is 1. The fourth-order valence-corrected chi connectivity index (χ4v) is 4.70. The van der Waals surface area contributed by atoms with Crippen LogP contribution in [-0.4, -0.2) is 46.8 Å². The standard InChI is InChI=1S/C27H22N6O5S/c1-17-14-15-28-27(29-17)33-39(36,37)19-12-10-18(11-13-19)30-24(34)16-38-26(35)21-7-3-2-6-20(21)25-31-22-8-4-5-9-23(22)32-25/h2-15H,16H2,1H3,(H,30,34)(H,31,32)(H,28,29,33). The van der Waals surface area contributed by atoms with Crippen molar-refractivity contribution in [2.45, 2.75) is 11.8 Å². The Bertz CT molecular complexity index is 1750. The van der Waals surface area contributed by atoms with Crippen molar-refractivity contribution in [2.75, 3.05) is 16.6 Å². The summed E-state index contributed by atoms with van der Waals surface area (Å²) in [6.07, 6.45) is 1.45. The summed E-state index contributed by atoms with van der Waals surface area (Å²) >= 11 is 0. The third-order valence-corrected chi connectivity index (χ3v) is 6.94. The fraction of sp³-hybridized carbons (Fsp3) is 0.0741. The van der Waals surface area contributed by atoms with Gasteiger partial charge in [0.1, 0.15) is 5.82 Å². The number of benzene rings is 3. The van der Waals surface area contributed by atoms with Gasteiger partial charge >= 0.3 is 5.97 Å². The summed E-state index contributed by atoms with van der Waals surface area (Å²) in [6, 6.07) is 21.4. The van der Waals surface area contributed by atoms with E-state index in [0.717, 1.165) is 11.0 Å². The molecule has 0 aliphatic rings. The summed E-state index contributed by atoms with van der Waals surface area (Å²) < 4.78 is 32.7. The number of nitrogens with zero attached hydrogens (tertiary/aromatic N) is 3. The maximum absolute atomic E-state index is 12.8. The zero-order valence-electron chi connectivity index (χ0n) is 20.6. The normalized spacial score (nSPS) is 11.2. The van der Waals surface area contributed by atoms with E-state index in [2.05, 4.69) is 30.0 Å². The molecule has 0 bridgehead atoms. The zero-order chi connectivity index (χ0) is 27.4. The van der Waals surface area contributed by atoms with Crippen molar-refractivity contribution in [3.8, 4) is 11.4 Å². The van der Waals surface area contributed by atoms with Crippen molar-refractivity contribution in [2.24, 2.45) is 0 Å². The number of hydrogen-bond acceptors (Lipinski definition) is 8. The number of ether oxygens (including phenoxy) is 1. The Hall–Kier alpha value is -5.10. The van der Waals surface area contributed by atoms with Crippen molar-refractivity contribution in [3.05, 3.63) is 96.3 Å². The van der Waals surface area contributed by atoms with Crippen LogP contribution in [0.1, 0.15) is 16.1 Å². The van der Waals surface area contributed by atoms with Crippen molar-refractivity contribution in [1.29, 1.82) is 0 Å². The van der Waals surface area contributed by atoms with Crippen LogP contribution in [0.3, 0.4) is 0 Å². The lowest BCUT2D eigenvalue weighted by atomic mass is 10.1. The van der Waals surface area contributed by atoms with E-state index in [1.54, 1.807) is 37.3 Å². The van der Waals surface area contributed by atoms with Gasteiger partial charge in [-0.2, -0.15) is 0 Å². The van der Waals surface area contributed by atoms with Crippen LogP contribution in [0.25, 0.3) is 22.4 Å². The molecule has 0 fully saturated rings. The molecule has 5 rings (SSSR count). The van der Waals surface area contributed by atoms with E-state index >= 15 is 0 Å². The molecule has 0 radical (unpaired) electrons. The second kappa shape index (κ2) is 10.7. The molecule has 0 saturated carbocycles. The first-order valence-electron chi connectivity index (χ1n) is 11.7. The lowest BCUT2D eigenvalue weighted by molar-refractivity contribution is -0.119. The number of sulfonamides is 1. The van der Waals surface area contributed by atoms with E-state index < -0.39 is 28.5 Å². The summed E-state index contributed by atoms with van der Waals surface area (Å²) in [7, 11) is -3.93. The molecule has 0 atom stereocenters. The molecule has 39 heavy (non-hydrogen) atoms. The molecule has 0 unspecified atom stereocenters. The van der Waals surface area contributed by atoms with Gasteiger partial charge in [-0.1, -0.05) is 30.3 Å². The number of carbonyl (C=O) groups excluding carboxylic acids is 2. The number of fused-ring (bicyclic) bond motifs is 1. The first-order valence-corrected chi connectivity index (χ1v) is 13.2. The molecule has 196 valence electrons. The number of hydrogen-bond donors (Lipinski definition) is 3. The monoisotopic (exact) mass is 542 g/mol. The molecular formula is C27H22N6O5S. The van der Waals surface area contributed by atoms with Crippen LogP contribution in [0.2, 0.25) is 0 Å². The van der Waals surface area contributed by atoms with Crippen molar-refractivity contribution in [1.82, 2.24) is 19.9 Å². The van der Waals surface area contributed by atoms with Gasteiger partial charge in [0.15, 0.2) is 6.61 Å². The summed E-state index contributed by atoms with van der Waals surface area (Å²) in [6.45, 7) is 1.17. The Morgan fingerprint density at radius 1 is 0.923 bits per heavy atom. The summed E-state index contributed by atoms with van der Waals surface area (Å²) in [5.74, 6) is -0.818. The number of aryl methyl sites for hydroxylation is 1. The Morgan fingerprint density at radius 3 is 2.44 bits per heavy atom.